The van der Waals surface area contributed by atoms with Gasteiger partial charge in [-0.25, -0.2) is 0 Å². The lowest BCUT2D eigenvalue weighted by Crippen LogP contribution is -2.36. The second-order valence-corrected chi connectivity index (χ2v) is 6.61. The number of fused-ring (bicyclic) bond motifs is 3. The fourth-order valence-corrected chi connectivity index (χ4v) is 4.08. The largest absolute Gasteiger partial charge is 0.314 e. The number of hydrogen-bond acceptors (Lipinski definition) is 4. The summed E-state index contributed by atoms with van der Waals surface area (Å²) in [6.45, 7) is 9.39. The van der Waals surface area contributed by atoms with Gasteiger partial charge in [0.1, 0.15) is 11.6 Å². The smallest absolute Gasteiger partial charge is 0.134 e. The summed E-state index contributed by atoms with van der Waals surface area (Å²) in [6.07, 6.45) is 5.63. The van der Waals surface area contributed by atoms with Crippen molar-refractivity contribution < 1.29 is 0 Å². The van der Waals surface area contributed by atoms with Crippen molar-refractivity contribution in [3.05, 3.63) is 29.1 Å². The van der Waals surface area contributed by atoms with Crippen LogP contribution in [0.25, 0.3) is 0 Å². The Morgan fingerprint density at radius 3 is 2.77 bits per heavy atom. The second kappa shape index (κ2) is 5.19. The van der Waals surface area contributed by atoms with Gasteiger partial charge in [0, 0.05) is 49.4 Å². The average molecular weight is 300 g/mol. The highest BCUT2D eigenvalue weighted by molar-refractivity contribution is 5.17. The summed E-state index contributed by atoms with van der Waals surface area (Å²) < 4.78 is 4.41. The van der Waals surface area contributed by atoms with Crippen molar-refractivity contribution in [3.8, 4) is 0 Å². The van der Waals surface area contributed by atoms with Gasteiger partial charge in [0.25, 0.3) is 0 Å². The second-order valence-electron chi connectivity index (χ2n) is 6.61. The van der Waals surface area contributed by atoms with Crippen molar-refractivity contribution in [2.24, 2.45) is 0 Å². The lowest BCUT2D eigenvalue weighted by atomic mass is 10.1. The summed E-state index contributed by atoms with van der Waals surface area (Å²) in [4.78, 5) is 2.68. The molecule has 0 unspecified atom stereocenters. The zero-order chi connectivity index (χ0) is 15.3. The SMILES string of the molecule is CCn1ncc(CN2[C@@H]3CC[C@H]2Cc2nnc(C)n2C3)c1C. The minimum Gasteiger partial charge on any atom is -0.314 e. The molecule has 0 aromatic carbocycles. The standard InChI is InChI=1S/C16H24N6/c1-4-22-11(2)13(8-17-22)9-21-14-5-6-15(21)10-20-12(3)18-19-16(20)7-14/h8,14-15H,4-7,9-10H2,1-3H3/t14-,15+/m0/s1. The van der Waals surface area contributed by atoms with E-state index in [0.29, 0.717) is 12.1 Å². The van der Waals surface area contributed by atoms with E-state index in [4.69, 9.17) is 0 Å². The van der Waals surface area contributed by atoms with Gasteiger partial charge >= 0.3 is 0 Å². The van der Waals surface area contributed by atoms with Crippen LogP contribution in [0.4, 0.5) is 0 Å². The Bertz CT molecular complexity index is 685. The zero-order valence-corrected chi connectivity index (χ0v) is 13.7. The van der Waals surface area contributed by atoms with Crippen LogP contribution in [0, 0.1) is 13.8 Å². The summed E-state index contributed by atoms with van der Waals surface area (Å²) in [5.41, 5.74) is 2.68. The van der Waals surface area contributed by atoms with Crippen LogP contribution in [0.5, 0.6) is 0 Å². The molecule has 6 nitrogen and oxygen atoms in total. The number of hydrogen-bond donors (Lipinski definition) is 0. The van der Waals surface area contributed by atoms with E-state index in [0.717, 1.165) is 37.7 Å². The molecule has 4 rings (SSSR count). The molecule has 2 aromatic rings. The predicted octanol–water partition coefficient (Wildman–Crippen LogP) is 1.70. The van der Waals surface area contributed by atoms with E-state index in [2.05, 4.69) is 56.4 Å². The summed E-state index contributed by atoms with van der Waals surface area (Å²) in [6, 6.07) is 1.20. The van der Waals surface area contributed by atoms with E-state index in [-0.39, 0.29) is 0 Å². The minimum absolute atomic E-state index is 0.597. The average Bonchev–Trinajstić information content (AvgIpc) is 3.10. The Kier molecular flexibility index (Phi) is 3.29. The van der Waals surface area contributed by atoms with Crippen LogP contribution in [0.1, 0.15) is 42.7 Å². The van der Waals surface area contributed by atoms with Crippen molar-refractivity contribution in [3.63, 3.8) is 0 Å². The van der Waals surface area contributed by atoms with Crippen molar-refractivity contribution in [2.75, 3.05) is 0 Å². The number of nitrogens with zero attached hydrogens (tertiary/aromatic N) is 6. The van der Waals surface area contributed by atoms with Crippen LogP contribution >= 0.6 is 0 Å². The quantitative estimate of drug-likeness (QED) is 0.866. The van der Waals surface area contributed by atoms with Crippen LogP contribution in [0.3, 0.4) is 0 Å². The molecule has 0 N–H and O–H groups in total. The molecular weight excluding hydrogens is 276 g/mol. The first-order valence-corrected chi connectivity index (χ1v) is 8.33. The van der Waals surface area contributed by atoms with Crippen LogP contribution in [-0.2, 0) is 26.1 Å². The van der Waals surface area contributed by atoms with E-state index in [1.54, 1.807) is 0 Å². The first kappa shape index (κ1) is 13.9. The normalized spacial score (nSPS) is 24.5. The van der Waals surface area contributed by atoms with Crippen LogP contribution < -0.4 is 0 Å². The summed E-state index contributed by atoms with van der Waals surface area (Å²) in [5.74, 6) is 2.22. The molecule has 2 aliphatic rings. The zero-order valence-electron chi connectivity index (χ0n) is 13.7. The highest BCUT2D eigenvalue weighted by Gasteiger charge is 2.38. The summed E-state index contributed by atoms with van der Waals surface area (Å²) in [7, 11) is 0. The predicted molar refractivity (Wildman–Crippen MR) is 83.5 cm³/mol. The Labute approximate surface area is 131 Å². The molecular formula is C16H24N6. The van der Waals surface area contributed by atoms with Gasteiger partial charge in [-0.15, -0.1) is 10.2 Å². The molecule has 2 atom stereocenters. The Hall–Kier alpha value is -1.69. The first-order valence-electron chi connectivity index (χ1n) is 8.33. The van der Waals surface area contributed by atoms with E-state index >= 15 is 0 Å². The molecule has 0 saturated carbocycles. The van der Waals surface area contributed by atoms with Gasteiger partial charge in [0.15, 0.2) is 0 Å². The fraction of sp³-hybridized carbons (Fsp3) is 0.688. The maximum atomic E-state index is 4.50. The Balaban J connectivity index is 1.60. The van der Waals surface area contributed by atoms with Crippen molar-refractivity contribution in [1.82, 2.24) is 29.4 Å². The number of aromatic nitrogens is 5. The summed E-state index contributed by atoms with van der Waals surface area (Å²) >= 11 is 0. The third kappa shape index (κ3) is 2.08. The molecule has 2 aromatic heterocycles. The molecule has 2 aliphatic heterocycles. The molecule has 4 heterocycles. The van der Waals surface area contributed by atoms with Crippen LogP contribution in [-0.4, -0.2) is 41.5 Å². The van der Waals surface area contributed by atoms with Crippen molar-refractivity contribution >= 4 is 0 Å². The lowest BCUT2D eigenvalue weighted by Gasteiger charge is -2.27. The lowest BCUT2D eigenvalue weighted by molar-refractivity contribution is 0.179. The van der Waals surface area contributed by atoms with Gasteiger partial charge in [0.2, 0.25) is 0 Å². The number of rotatable bonds is 3. The van der Waals surface area contributed by atoms with E-state index in [1.807, 2.05) is 0 Å². The minimum atomic E-state index is 0.597. The molecule has 2 bridgehead atoms. The molecule has 1 saturated heterocycles. The molecule has 118 valence electrons. The van der Waals surface area contributed by atoms with Gasteiger partial charge in [-0.05, 0) is 33.6 Å². The van der Waals surface area contributed by atoms with Gasteiger partial charge in [-0.3, -0.25) is 9.58 Å². The third-order valence-corrected chi connectivity index (χ3v) is 5.45. The molecule has 6 heteroatoms. The van der Waals surface area contributed by atoms with E-state index in [9.17, 15) is 0 Å². The van der Waals surface area contributed by atoms with Gasteiger partial charge in [-0.2, -0.15) is 5.10 Å². The van der Waals surface area contributed by atoms with Crippen molar-refractivity contribution in [1.29, 1.82) is 0 Å². The molecule has 0 amide bonds. The monoisotopic (exact) mass is 300 g/mol. The Morgan fingerprint density at radius 2 is 2.00 bits per heavy atom. The maximum absolute atomic E-state index is 4.50. The van der Waals surface area contributed by atoms with Crippen molar-refractivity contribution in [2.45, 2.75) is 71.8 Å². The number of aryl methyl sites for hydroxylation is 2. The first-order chi connectivity index (χ1) is 10.7. The highest BCUT2D eigenvalue weighted by Crippen LogP contribution is 2.33. The highest BCUT2D eigenvalue weighted by atomic mass is 15.3. The molecule has 0 spiro atoms. The van der Waals surface area contributed by atoms with E-state index in [1.165, 1.54) is 24.1 Å². The fourth-order valence-electron chi connectivity index (χ4n) is 4.08. The topological polar surface area (TPSA) is 51.8 Å². The van der Waals surface area contributed by atoms with E-state index < -0.39 is 0 Å². The van der Waals surface area contributed by atoms with Gasteiger partial charge in [-0.1, -0.05) is 0 Å². The molecule has 1 fully saturated rings. The molecule has 0 radical (unpaired) electrons. The van der Waals surface area contributed by atoms with Gasteiger partial charge in [0.05, 0.1) is 6.20 Å². The molecule has 0 aliphatic carbocycles. The van der Waals surface area contributed by atoms with Crippen LogP contribution in [0.2, 0.25) is 0 Å². The third-order valence-electron chi connectivity index (χ3n) is 5.45. The van der Waals surface area contributed by atoms with Crippen LogP contribution in [0.15, 0.2) is 6.20 Å². The maximum Gasteiger partial charge on any atom is 0.134 e. The Morgan fingerprint density at radius 1 is 1.18 bits per heavy atom. The van der Waals surface area contributed by atoms with Gasteiger partial charge < -0.3 is 4.57 Å². The molecule has 22 heavy (non-hydrogen) atoms. The summed E-state index contributed by atoms with van der Waals surface area (Å²) in [5, 5.41) is 13.1.